The summed E-state index contributed by atoms with van der Waals surface area (Å²) in [7, 11) is 2.18. The molecular formula is C37H48N4O. The molecule has 4 rings (SSSR count). The molecule has 1 aromatic heterocycles. The number of benzene rings is 3. The van der Waals surface area contributed by atoms with E-state index in [-0.39, 0.29) is 23.3 Å². The van der Waals surface area contributed by atoms with E-state index in [0.717, 1.165) is 42.2 Å². The fourth-order valence-corrected chi connectivity index (χ4v) is 5.98. The number of nitrogens with zero attached hydrogens (tertiary/aromatic N) is 4. The van der Waals surface area contributed by atoms with E-state index < -0.39 is 0 Å². The first-order chi connectivity index (χ1) is 20.1. The van der Waals surface area contributed by atoms with Gasteiger partial charge in [-0.1, -0.05) is 113 Å². The van der Waals surface area contributed by atoms with Crippen LogP contribution in [-0.4, -0.2) is 51.9 Å². The fraction of sp³-hybridized carbons (Fsp3) is 0.405. The Hall–Kier alpha value is -3.70. The van der Waals surface area contributed by atoms with Crippen molar-refractivity contribution in [2.24, 2.45) is 11.3 Å². The molecule has 0 radical (unpaired) electrons. The summed E-state index contributed by atoms with van der Waals surface area (Å²) in [6.45, 7) is 16.5. The first-order valence-corrected chi connectivity index (χ1v) is 15.3. The molecule has 0 spiro atoms. The van der Waals surface area contributed by atoms with E-state index in [1.807, 2.05) is 48.5 Å². The molecule has 0 aliphatic rings. The van der Waals surface area contributed by atoms with Gasteiger partial charge in [0, 0.05) is 37.0 Å². The Morgan fingerprint density at radius 3 is 2.12 bits per heavy atom. The monoisotopic (exact) mass is 564 g/mol. The summed E-state index contributed by atoms with van der Waals surface area (Å²) in [6.07, 6.45) is 3.26. The highest BCUT2D eigenvalue weighted by atomic mass is 16.2. The van der Waals surface area contributed by atoms with Crippen LogP contribution in [0, 0.1) is 18.3 Å². The maximum absolute atomic E-state index is 14.5. The molecule has 0 unspecified atom stereocenters. The van der Waals surface area contributed by atoms with E-state index in [4.69, 9.17) is 4.98 Å². The second-order valence-electron chi connectivity index (χ2n) is 12.9. The number of rotatable bonds is 13. The first-order valence-electron chi connectivity index (χ1n) is 15.3. The lowest BCUT2D eigenvalue weighted by Gasteiger charge is -2.41. The van der Waals surface area contributed by atoms with Gasteiger partial charge in [-0.15, -0.1) is 0 Å². The van der Waals surface area contributed by atoms with Gasteiger partial charge < -0.3 is 14.4 Å². The summed E-state index contributed by atoms with van der Waals surface area (Å²) in [5.41, 5.74) is 4.94. The SMILES string of the molecule is CCCN(C)CC(C)(C)CN(C(=O)c1ccc(C)cc1)[C@@H](c1nc(-c2ccccc2)cn1Cc1ccccc1)C(C)C. The molecule has 0 saturated heterocycles. The Morgan fingerprint density at radius 1 is 0.905 bits per heavy atom. The van der Waals surface area contributed by atoms with Crippen LogP contribution in [0.25, 0.3) is 11.3 Å². The molecule has 5 heteroatoms. The smallest absolute Gasteiger partial charge is 0.254 e. The zero-order valence-corrected chi connectivity index (χ0v) is 26.5. The van der Waals surface area contributed by atoms with E-state index in [1.165, 1.54) is 5.56 Å². The van der Waals surface area contributed by atoms with Crippen molar-refractivity contribution in [1.82, 2.24) is 19.4 Å². The number of aryl methyl sites for hydroxylation is 1. The summed E-state index contributed by atoms with van der Waals surface area (Å²) in [6, 6.07) is 28.6. The summed E-state index contributed by atoms with van der Waals surface area (Å²) in [5, 5.41) is 0. The van der Waals surface area contributed by atoms with Crippen molar-refractivity contribution in [2.75, 3.05) is 26.7 Å². The predicted molar refractivity (Wildman–Crippen MR) is 175 cm³/mol. The van der Waals surface area contributed by atoms with Crippen molar-refractivity contribution in [2.45, 2.75) is 60.5 Å². The molecule has 0 saturated carbocycles. The molecule has 4 aromatic rings. The van der Waals surface area contributed by atoms with Gasteiger partial charge in [0.2, 0.25) is 0 Å². The molecule has 1 amide bonds. The second kappa shape index (κ2) is 14.0. The van der Waals surface area contributed by atoms with Crippen LogP contribution in [0.4, 0.5) is 0 Å². The van der Waals surface area contributed by atoms with Crippen LogP contribution < -0.4 is 0 Å². The molecule has 0 N–H and O–H groups in total. The largest absolute Gasteiger partial charge is 0.328 e. The molecule has 0 aliphatic heterocycles. The highest BCUT2D eigenvalue weighted by Crippen LogP contribution is 2.35. The maximum atomic E-state index is 14.5. The number of aromatic nitrogens is 2. The van der Waals surface area contributed by atoms with Crippen LogP contribution in [0.5, 0.6) is 0 Å². The summed E-state index contributed by atoms with van der Waals surface area (Å²) < 4.78 is 2.26. The Labute approximate surface area is 253 Å². The molecule has 1 atom stereocenters. The van der Waals surface area contributed by atoms with E-state index in [2.05, 4.69) is 106 Å². The Balaban J connectivity index is 1.83. The molecule has 222 valence electrons. The molecule has 0 aliphatic carbocycles. The number of imidazole rings is 1. The zero-order chi connectivity index (χ0) is 30.3. The summed E-state index contributed by atoms with van der Waals surface area (Å²) in [5.74, 6) is 1.12. The average molecular weight is 565 g/mol. The van der Waals surface area contributed by atoms with Crippen molar-refractivity contribution in [3.8, 4) is 11.3 Å². The fourth-order valence-electron chi connectivity index (χ4n) is 5.98. The third-order valence-corrected chi connectivity index (χ3v) is 7.77. The number of hydrogen-bond acceptors (Lipinski definition) is 3. The third kappa shape index (κ3) is 7.98. The molecule has 3 aromatic carbocycles. The summed E-state index contributed by atoms with van der Waals surface area (Å²) >= 11 is 0. The van der Waals surface area contributed by atoms with Gasteiger partial charge in [0.25, 0.3) is 5.91 Å². The van der Waals surface area contributed by atoms with Gasteiger partial charge in [-0.3, -0.25) is 4.79 Å². The lowest BCUT2D eigenvalue weighted by Crippen LogP contribution is -2.47. The lowest BCUT2D eigenvalue weighted by atomic mass is 9.89. The lowest BCUT2D eigenvalue weighted by molar-refractivity contribution is 0.0445. The van der Waals surface area contributed by atoms with Gasteiger partial charge in [0.05, 0.1) is 11.7 Å². The van der Waals surface area contributed by atoms with Gasteiger partial charge in [-0.05, 0) is 56.0 Å². The molecule has 5 nitrogen and oxygen atoms in total. The minimum atomic E-state index is -0.212. The van der Waals surface area contributed by atoms with Gasteiger partial charge >= 0.3 is 0 Å². The third-order valence-electron chi connectivity index (χ3n) is 7.77. The van der Waals surface area contributed by atoms with E-state index in [1.54, 1.807) is 0 Å². The number of hydrogen-bond donors (Lipinski definition) is 0. The van der Waals surface area contributed by atoms with Crippen molar-refractivity contribution < 1.29 is 4.79 Å². The zero-order valence-electron chi connectivity index (χ0n) is 26.5. The van der Waals surface area contributed by atoms with Crippen molar-refractivity contribution in [3.05, 3.63) is 114 Å². The van der Waals surface area contributed by atoms with Crippen LogP contribution in [0.1, 0.15) is 74.4 Å². The minimum Gasteiger partial charge on any atom is -0.328 e. The highest BCUT2D eigenvalue weighted by Gasteiger charge is 2.36. The number of carbonyl (C=O) groups is 1. The molecule has 0 bridgehead atoms. The van der Waals surface area contributed by atoms with Crippen LogP contribution in [0.15, 0.2) is 91.1 Å². The standard InChI is InChI=1S/C37H48N4O/c1-8-23-39(7)26-37(5,6)27-41(36(42)32-21-19-29(4)20-22-32)34(28(2)3)35-38-33(31-17-13-10-14-18-31)25-40(35)24-30-15-11-9-12-16-30/h9-22,25,28,34H,8,23-24,26-27H2,1-7H3/t34-/m1/s1. The van der Waals surface area contributed by atoms with Crippen molar-refractivity contribution in [3.63, 3.8) is 0 Å². The van der Waals surface area contributed by atoms with Gasteiger partial charge in [-0.25, -0.2) is 4.98 Å². The first kappa shape index (κ1) is 31.2. The molecule has 0 fully saturated rings. The van der Waals surface area contributed by atoms with Gasteiger partial charge in [-0.2, -0.15) is 0 Å². The molecular weight excluding hydrogens is 516 g/mol. The number of carbonyl (C=O) groups excluding carboxylic acids is 1. The topological polar surface area (TPSA) is 41.4 Å². The van der Waals surface area contributed by atoms with Gasteiger partial charge in [0.1, 0.15) is 5.82 Å². The Bertz CT molecular complexity index is 1410. The van der Waals surface area contributed by atoms with Crippen LogP contribution in [-0.2, 0) is 6.54 Å². The number of amides is 1. The Kier molecular flexibility index (Phi) is 10.4. The highest BCUT2D eigenvalue weighted by molar-refractivity contribution is 5.94. The van der Waals surface area contributed by atoms with E-state index in [9.17, 15) is 4.79 Å². The quantitative estimate of drug-likeness (QED) is 0.165. The van der Waals surface area contributed by atoms with E-state index in [0.29, 0.717) is 18.7 Å². The van der Waals surface area contributed by atoms with Crippen LogP contribution in [0.2, 0.25) is 0 Å². The van der Waals surface area contributed by atoms with Gasteiger partial charge in [0.15, 0.2) is 0 Å². The maximum Gasteiger partial charge on any atom is 0.254 e. The predicted octanol–water partition coefficient (Wildman–Crippen LogP) is 8.11. The van der Waals surface area contributed by atoms with E-state index >= 15 is 0 Å². The van der Waals surface area contributed by atoms with Crippen molar-refractivity contribution in [1.29, 1.82) is 0 Å². The normalized spacial score (nSPS) is 12.6. The molecule has 1 heterocycles. The minimum absolute atomic E-state index is 0.0513. The van der Waals surface area contributed by atoms with Crippen LogP contribution >= 0.6 is 0 Å². The van der Waals surface area contributed by atoms with Crippen molar-refractivity contribution >= 4 is 5.91 Å². The summed E-state index contributed by atoms with van der Waals surface area (Å²) in [4.78, 5) is 24.3. The van der Waals surface area contributed by atoms with Crippen LogP contribution in [0.3, 0.4) is 0 Å². The molecule has 42 heavy (non-hydrogen) atoms. The second-order valence-corrected chi connectivity index (χ2v) is 12.9. The Morgan fingerprint density at radius 2 is 1.52 bits per heavy atom. The average Bonchev–Trinajstić information content (AvgIpc) is 3.36.